The predicted octanol–water partition coefficient (Wildman–Crippen LogP) is 0.398. The number of nitrogens with zero attached hydrogens (tertiary/aromatic N) is 4. The summed E-state index contributed by atoms with van der Waals surface area (Å²) in [6, 6.07) is -0.247. The second-order valence-corrected chi connectivity index (χ2v) is 9.39. The molecule has 1 fully saturated rings. The molecule has 1 atom stereocenters. The minimum absolute atomic E-state index is 0.0668. The Hall–Kier alpha value is -1.78. The third-order valence-electron chi connectivity index (χ3n) is 5.20. The van der Waals surface area contributed by atoms with Crippen LogP contribution in [0.25, 0.3) is 0 Å². The lowest BCUT2D eigenvalue weighted by Crippen LogP contribution is -2.44. The molecule has 1 saturated heterocycles. The number of carbonyl (C=O) groups is 1. The molecule has 10 heteroatoms. The topological polar surface area (TPSA) is 107 Å². The van der Waals surface area contributed by atoms with E-state index in [1.807, 2.05) is 6.92 Å². The quantitative estimate of drug-likeness (QED) is 0.774. The van der Waals surface area contributed by atoms with Gasteiger partial charge in [0.2, 0.25) is 5.91 Å². The van der Waals surface area contributed by atoms with E-state index in [0.29, 0.717) is 36.5 Å². The Balaban J connectivity index is 1.92. The summed E-state index contributed by atoms with van der Waals surface area (Å²) in [7, 11) is -0.602. The highest BCUT2D eigenvalue weighted by Crippen LogP contribution is 2.31. The van der Waals surface area contributed by atoms with Crippen molar-refractivity contribution in [1.29, 1.82) is 0 Å². The first-order chi connectivity index (χ1) is 12.8. The van der Waals surface area contributed by atoms with E-state index in [4.69, 9.17) is 0 Å². The normalized spacial score (nSPS) is 20.9. The summed E-state index contributed by atoms with van der Waals surface area (Å²) < 4.78 is 27.3. The zero-order valence-electron chi connectivity index (χ0n) is 16.1. The van der Waals surface area contributed by atoms with Crippen LogP contribution in [0.5, 0.6) is 0 Å². The molecule has 2 aliphatic rings. The monoisotopic (exact) mass is 397 g/mol. The van der Waals surface area contributed by atoms with Crippen LogP contribution in [0.15, 0.2) is 4.79 Å². The molecule has 150 valence electrons. The zero-order chi connectivity index (χ0) is 19.8. The number of fused-ring (bicyclic) bond motifs is 1. The first-order valence-corrected chi connectivity index (χ1v) is 10.7. The maximum atomic E-state index is 12.6. The minimum Gasteiger partial charge on any atom is -0.333 e. The molecule has 2 aliphatic heterocycles. The highest BCUT2D eigenvalue weighted by Gasteiger charge is 2.34. The summed E-state index contributed by atoms with van der Waals surface area (Å²) in [5, 5.41) is 0. The van der Waals surface area contributed by atoms with Crippen LogP contribution in [-0.2, 0) is 28.0 Å². The molecule has 0 bridgehead atoms. The van der Waals surface area contributed by atoms with Gasteiger partial charge in [-0.05, 0) is 25.7 Å². The van der Waals surface area contributed by atoms with Crippen molar-refractivity contribution in [2.45, 2.75) is 51.6 Å². The molecular weight excluding hydrogens is 370 g/mol. The molecule has 3 heterocycles. The summed E-state index contributed by atoms with van der Waals surface area (Å²) in [5.74, 6) is 0.530. The smallest absolute Gasteiger partial charge is 0.281 e. The van der Waals surface area contributed by atoms with Crippen molar-refractivity contribution in [1.82, 2.24) is 23.5 Å². The number of H-pyrrole nitrogens is 1. The van der Waals surface area contributed by atoms with Crippen LogP contribution in [0.1, 0.15) is 55.7 Å². The van der Waals surface area contributed by atoms with Crippen molar-refractivity contribution >= 4 is 16.1 Å². The maximum Gasteiger partial charge on any atom is 0.281 e. The van der Waals surface area contributed by atoms with Crippen molar-refractivity contribution in [3.63, 3.8) is 0 Å². The molecule has 1 amide bonds. The highest BCUT2D eigenvalue weighted by molar-refractivity contribution is 7.86. The van der Waals surface area contributed by atoms with E-state index in [1.54, 1.807) is 4.90 Å². The van der Waals surface area contributed by atoms with Crippen LogP contribution in [0.2, 0.25) is 0 Å². The average molecular weight is 398 g/mol. The van der Waals surface area contributed by atoms with Crippen LogP contribution in [0.4, 0.5) is 0 Å². The van der Waals surface area contributed by atoms with Crippen molar-refractivity contribution in [2.24, 2.45) is 0 Å². The molecule has 0 saturated carbocycles. The second-order valence-electron chi connectivity index (χ2n) is 7.25. The Labute approximate surface area is 159 Å². The van der Waals surface area contributed by atoms with Crippen LogP contribution >= 0.6 is 0 Å². The van der Waals surface area contributed by atoms with Crippen LogP contribution in [-0.4, -0.2) is 65.0 Å². The standard InChI is InChI=1S/C17H27N5O4S/c1-4-6-15(23)22-9-5-7-14(22)16-18-13-11-21(27(25,26)20(2)3)10-8-12(13)17(24)19-16/h14H,4-11H2,1-3H3,(H,18,19,24)/t14-/m1/s1. The van der Waals surface area contributed by atoms with Crippen LogP contribution in [0, 0.1) is 0 Å². The van der Waals surface area contributed by atoms with Gasteiger partial charge in [0.1, 0.15) is 5.82 Å². The number of hydrogen-bond acceptors (Lipinski definition) is 5. The van der Waals surface area contributed by atoms with Gasteiger partial charge in [0.05, 0.1) is 18.3 Å². The predicted molar refractivity (Wildman–Crippen MR) is 100 cm³/mol. The molecule has 0 unspecified atom stereocenters. The molecular formula is C17H27N5O4S. The Bertz CT molecular complexity index is 880. The van der Waals surface area contributed by atoms with Gasteiger partial charge < -0.3 is 9.88 Å². The van der Waals surface area contributed by atoms with E-state index >= 15 is 0 Å². The van der Waals surface area contributed by atoms with E-state index in [-0.39, 0.29) is 30.6 Å². The third-order valence-corrected chi connectivity index (χ3v) is 7.08. The van der Waals surface area contributed by atoms with E-state index in [1.165, 1.54) is 18.4 Å². The fraction of sp³-hybridized carbons (Fsp3) is 0.706. The van der Waals surface area contributed by atoms with Gasteiger partial charge in [-0.1, -0.05) is 6.92 Å². The number of aromatic amines is 1. The summed E-state index contributed by atoms with van der Waals surface area (Å²) in [4.78, 5) is 34.2. The summed E-state index contributed by atoms with van der Waals surface area (Å²) in [6.07, 6.45) is 3.18. The molecule has 0 aliphatic carbocycles. The fourth-order valence-electron chi connectivity index (χ4n) is 3.73. The summed E-state index contributed by atoms with van der Waals surface area (Å²) in [6.45, 7) is 2.94. The number of amides is 1. The van der Waals surface area contributed by atoms with E-state index in [2.05, 4.69) is 9.97 Å². The first kappa shape index (κ1) is 20.0. The van der Waals surface area contributed by atoms with Gasteiger partial charge in [-0.2, -0.15) is 17.0 Å². The Morgan fingerprint density at radius 1 is 1.33 bits per heavy atom. The van der Waals surface area contributed by atoms with E-state index < -0.39 is 10.2 Å². The number of aromatic nitrogens is 2. The molecule has 3 rings (SSSR count). The molecule has 1 aromatic rings. The Morgan fingerprint density at radius 2 is 2.07 bits per heavy atom. The molecule has 0 aromatic carbocycles. The molecule has 9 nitrogen and oxygen atoms in total. The number of rotatable bonds is 5. The zero-order valence-corrected chi connectivity index (χ0v) is 16.9. The van der Waals surface area contributed by atoms with Gasteiger partial charge in [0, 0.05) is 39.2 Å². The van der Waals surface area contributed by atoms with Crippen molar-refractivity contribution in [3.05, 3.63) is 27.4 Å². The summed E-state index contributed by atoms with van der Waals surface area (Å²) in [5.41, 5.74) is 0.792. The SMILES string of the molecule is CCCC(=O)N1CCC[C@@H]1c1nc2c(c(=O)[nH]1)CCN(S(=O)(=O)N(C)C)C2. The molecule has 0 spiro atoms. The molecule has 1 N–H and O–H groups in total. The average Bonchev–Trinajstić information content (AvgIpc) is 3.11. The van der Waals surface area contributed by atoms with Gasteiger partial charge in [0.25, 0.3) is 15.8 Å². The van der Waals surface area contributed by atoms with Crippen LogP contribution in [0.3, 0.4) is 0 Å². The molecule has 0 radical (unpaired) electrons. The van der Waals surface area contributed by atoms with Crippen molar-refractivity contribution in [2.75, 3.05) is 27.2 Å². The van der Waals surface area contributed by atoms with E-state index in [0.717, 1.165) is 23.6 Å². The number of carbonyl (C=O) groups excluding carboxylic acids is 1. The minimum atomic E-state index is -3.57. The number of nitrogens with one attached hydrogen (secondary N) is 1. The lowest BCUT2D eigenvalue weighted by atomic mass is 10.1. The van der Waals surface area contributed by atoms with E-state index in [9.17, 15) is 18.0 Å². The Kier molecular flexibility index (Phi) is 5.68. The fourth-order valence-corrected chi connectivity index (χ4v) is 4.80. The molecule has 27 heavy (non-hydrogen) atoms. The lowest BCUT2D eigenvalue weighted by molar-refractivity contribution is -0.132. The second kappa shape index (κ2) is 7.69. The lowest BCUT2D eigenvalue weighted by Gasteiger charge is -2.30. The van der Waals surface area contributed by atoms with Gasteiger partial charge in [-0.3, -0.25) is 9.59 Å². The van der Waals surface area contributed by atoms with Crippen LogP contribution < -0.4 is 5.56 Å². The van der Waals surface area contributed by atoms with Crippen molar-refractivity contribution in [3.8, 4) is 0 Å². The van der Waals surface area contributed by atoms with Gasteiger partial charge >= 0.3 is 0 Å². The highest BCUT2D eigenvalue weighted by atomic mass is 32.2. The molecule has 1 aromatic heterocycles. The first-order valence-electron chi connectivity index (χ1n) is 9.34. The summed E-state index contributed by atoms with van der Waals surface area (Å²) >= 11 is 0. The Morgan fingerprint density at radius 3 is 2.74 bits per heavy atom. The number of hydrogen-bond donors (Lipinski definition) is 1. The van der Waals surface area contributed by atoms with Gasteiger partial charge in [-0.15, -0.1) is 0 Å². The number of likely N-dealkylation sites (tertiary alicyclic amines) is 1. The van der Waals surface area contributed by atoms with Gasteiger partial charge in [0.15, 0.2) is 0 Å². The third kappa shape index (κ3) is 3.78. The van der Waals surface area contributed by atoms with Crippen molar-refractivity contribution < 1.29 is 13.2 Å². The maximum absolute atomic E-state index is 12.6. The largest absolute Gasteiger partial charge is 0.333 e. The van der Waals surface area contributed by atoms with Gasteiger partial charge in [-0.25, -0.2) is 4.98 Å².